The van der Waals surface area contributed by atoms with E-state index in [9.17, 15) is 0 Å². The van der Waals surface area contributed by atoms with E-state index in [1.807, 2.05) is 11.8 Å². The topological polar surface area (TPSA) is 8.17 Å². The zero-order valence-electron chi connectivity index (χ0n) is 33.7. The van der Waals surface area contributed by atoms with Crippen molar-refractivity contribution in [2.75, 3.05) is 11.4 Å². The molecule has 0 amide bonds. The van der Waals surface area contributed by atoms with Gasteiger partial charge in [-0.25, -0.2) is 0 Å². The van der Waals surface area contributed by atoms with Crippen LogP contribution in [0.25, 0.3) is 21.8 Å². The van der Waals surface area contributed by atoms with Crippen molar-refractivity contribution in [3.63, 3.8) is 0 Å². The molecule has 8 rings (SSSR count). The number of para-hydroxylation sites is 4. The first-order valence-electron chi connectivity index (χ1n) is 21.2. The molecule has 0 saturated heterocycles. The largest absolute Gasteiger partial charge is 0.340 e. The zero-order chi connectivity index (χ0) is 38.3. The minimum Gasteiger partial charge on any atom is -0.340 e. The van der Waals surface area contributed by atoms with Gasteiger partial charge < -0.3 is 9.47 Å². The fourth-order valence-electron chi connectivity index (χ4n) is 8.97. The molecule has 286 valence electrons. The van der Waals surface area contributed by atoms with Crippen LogP contribution >= 0.6 is 11.8 Å². The van der Waals surface area contributed by atoms with Gasteiger partial charge in [-0.3, -0.25) is 0 Å². The minimum absolute atomic E-state index is 0.302. The highest BCUT2D eigenvalue weighted by atomic mass is 32.2. The van der Waals surface area contributed by atoms with E-state index in [0.29, 0.717) is 11.3 Å². The molecule has 0 spiro atoms. The quantitative estimate of drug-likeness (QED) is 0.0908. The van der Waals surface area contributed by atoms with Crippen LogP contribution in [0.5, 0.6) is 0 Å². The number of unbranched alkanes of at least 4 members (excludes halogenated alkanes) is 2. The number of aromatic nitrogens is 1. The molecule has 1 atom stereocenters. The van der Waals surface area contributed by atoms with Gasteiger partial charge >= 0.3 is 0 Å². The molecule has 56 heavy (non-hydrogen) atoms. The van der Waals surface area contributed by atoms with Crippen LogP contribution in [0.2, 0.25) is 0 Å². The summed E-state index contributed by atoms with van der Waals surface area (Å²) in [5.41, 5.74) is 11.6. The second kappa shape index (κ2) is 17.6. The van der Waals surface area contributed by atoms with Crippen LogP contribution in [0.4, 0.5) is 11.4 Å². The van der Waals surface area contributed by atoms with Crippen molar-refractivity contribution in [1.29, 1.82) is 0 Å². The van der Waals surface area contributed by atoms with Gasteiger partial charge in [0.05, 0.1) is 11.4 Å². The summed E-state index contributed by atoms with van der Waals surface area (Å²) in [6.45, 7) is 9.30. The maximum absolute atomic E-state index is 2.53. The van der Waals surface area contributed by atoms with Gasteiger partial charge in [-0.05, 0) is 134 Å². The van der Waals surface area contributed by atoms with E-state index in [4.69, 9.17) is 0 Å². The Morgan fingerprint density at radius 3 is 1.50 bits per heavy atom. The Hall–Kier alpha value is -4.73. The van der Waals surface area contributed by atoms with E-state index in [1.54, 1.807) is 0 Å². The average Bonchev–Trinajstić information content (AvgIpc) is 3.54. The minimum atomic E-state index is 0.302. The molecule has 1 aromatic heterocycles. The molecule has 3 heteroatoms. The molecule has 0 fully saturated rings. The van der Waals surface area contributed by atoms with Crippen LogP contribution in [0.1, 0.15) is 93.9 Å². The average molecular weight is 755 g/mol. The Balaban J connectivity index is 0.800. The molecule has 1 aliphatic heterocycles. The first-order chi connectivity index (χ1) is 27.4. The molecule has 0 N–H and O–H groups in total. The molecule has 6 aromatic carbocycles. The summed E-state index contributed by atoms with van der Waals surface area (Å²) in [6.07, 6.45) is 11.9. The van der Waals surface area contributed by atoms with Crippen molar-refractivity contribution < 1.29 is 0 Å². The third-order valence-corrected chi connectivity index (χ3v) is 12.9. The summed E-state index contributed by atoms with van der Waals surface area (Å²) in [5.74, 6) is 0.593. The van der Waals surface area contributed by atoms with Gasteiger partial charge in [0, 0.05) is 44.7 Å². The molecule has 7 aromatic rings. The van der Waals surface area contributed by atoms with Crippen molar-refractivity contribution in [3.05, 3.63) is 168 Å². The summed E-state index contributed by atoms with van der Waals surface area (Å²) in [4.78, 5) is 5.25. The van der Waals surface area contributed by atoms with Crippen molar-refractivity contribution in [3.8, 4) is 0 Å². The molecular formula is C53H58N2S. The number of anilines is 2. The standard InChI is InChI=1S/C53H58N2S/c1-53(2,3)39-44(43-35-33-41(34-36-43)18-13-15-38-55-49-25-8-10-27-51(49)56-52-28-11-9-26-50(52)55)20-16-19-42-31-29-40(30-32-42)17-12-14-37-54-47-23-6-4-21-45(47)46-22-5-7-24-48(46)54/h4-11,21-36,44H,12-20,37-39H2,1-3H3. The highest BCUT2D eigenvalue weighted by molar-refractivity contribution is 7.99. The maximum Gasteiger partial charge on any atom is 0.0552 e. The maximum atomic E-state index is 2.53. The van der Waals surface area contributed by atoms with Gasteiger partial charge in [0.1, 0.15) is 0 Å². The number of fused-ring (bicyclic) bond motifs is 5. The van der Waals surface area contributed by atoms with Crippen LogP contribution < -0.4 is 4.90 Å². The number of rotatable bonds is 16. The highest BCUT2D eigenvalue weighted by Gasteiger charge is 2.23. The van der Waals surface area contributed by atoms with Gasteiger partial charge in [0.25, 0.3) is 0 Å². The Bertz CT molecular complexity index is 2240. The Kier molecular flexibility index (Phi) is 12.0. The highest BCUT2D eigenvalue weighted by Crippen LogP contribution is 2.48. The fraction of sp³-hybridized carbons (Fsp3) is 0.321. The summed E-state index contributed by atoms with van der Waals surface area (Å²) < 4.78 is 2.52. The fourth-order valence-corrected chi connectivity index (χ4v) is 10.1. The van der Waals surface area contributed by atoms with E-state index in [0.717, 1.165) is 32.4 Å². The molecule has 2 nitrogen and oxygen atoms in total. The number of benzene rings is 6. The molecule has 2 heterocycles. The van der Waals surface area contributed by atoms with Crippen LogP contribution in [0, 0.1) is 5.41 Å². The van der Waals surface area contributed by atoms with Crippen molar-refractivity contribution in [1.82, 2.24) is 4.57 Å². The van der Waals surface area contributed by atoms with Crippen molar-refractivity contribution in [2.45, 2.75) is 107 Å². The predicted octanol–water partition coefficient (Wildman–Crippen LogP) is 15.0. The number of nitrogens with zero attached hydrogens (tertiary/aromatic N) is 2. The normalized spacial score (nSPS) is 13.2. The Morgan fingerprint density at radius 1 is 0.482 bits per heavy atom. The predicted molar refractivity (Wildman–Crippen MR) is 242 cm³/mol. The Labute approximate surface area is 340 Å². The number of hydrogen-bond donors (Lipinski definition) is 0. The van der Waals surface area contributed by atoms with Crippen molar-refractivity contribution in [2.24, 2.45) is 5.41 Å². The Morgan fingerprint density at radius 2 is 0.946 bits per heavy atom. The molecular weight excluding hydrogens is 697 g/mol. The van der Waals surface area contributed by atoms with Gasteiger partial charge in [-0.2, -0.15) is 0 Å². The van der Waals surface area contributed by atoms with Gasteiger partial charge in [0.2, 0.25) is 0 Å². The molecule has 1 unspecified atom stereocenters. The molecule has 1 aliphatic rings. The smallest absolute Gasteiger partial charge is 0.0552 e. The van der Waals surface area contributed by atoms with Crippen molar-refractivity contribution >= 4 is 44.9 Å². The summed E-state index contributed by atoms with van der Waals surface area (Å²) in [7, 11) is 0. The van der Waals surface area contributed by atoms with E-state index in [1.165, 1.54) is 110 Å². The third-order valence-electron chi connectivity index (χ3n) is 11.8. The van der Waals surface area contributed by atoms with Gasteiger partial charge in [-0.1, -0.05) is 142 Å². The number of hydrogen-bond acceptors (Lipinski definition) is 2. The van der Waals surface area contributed by atoms with E-state index in [-0.39, 0.29) is 0 Å². The third kappa shape index (κ3) is 9.11. The summed E-state index contributed by atoms with van der Waals surface area (Å²) in [5, 5.41) is 2.73. The monoisotopic (exact) mass is 754 g/mol. The lowest BCUT2D eigenvalue weighted by Crippen LogP contribution is -2.22. The second-order valence-electron chi connectivity index (χ2n) is 17.2. The van der Waals surface area contributed by atoms with Crippen LogP contribution in [0.15, 0.2) is 155 Å². The second-order valence-corrected chi connectivity index (χ2v) is 18.3. The van der Waals surface area contributed by atoms with E-state index >= 15 is 0 Å². The van der Waals surface area contributed by atoms with Crippen LogP contribution in [-0.2, 0) is 25.8 Å². The zero-order valence-corrected chi connectivity index (χ0v) is 34.5. The number of aryl methyl sites for hydroxylation is 4. The van der Waals surface area contributed by atoms with Crippen LogP contribution in [0.3, 0.4) is 0 Å². The first-order valence-corrected chi connectivity index (χ1v) is 22.0. The first kappa shape index (κ1) is 38.2. The summed E-state index contributed by atoms with van der Waals surface area (Å²) in [6, 6.07) is 54.7. The lowest BCUT2D eigenvalue weighted by atomic mass is 9.79. The molecule has 0 aliphatic carbocycles. The van der Waals surface area contributed by atoms with Gasteiger partial charge in [-0.15, -0.1) is 0 Å². The van der Waals surface area contributed by atoms with E-state index in [2.05, 4.69) is 176 Å². The molecule has 0 bridgehead atoms. The molecule has 0 radical (unpaired) electrons. The van der Waals surface area contributed by atoms with E-state index < -0.39 is 0 Å². The summed E-state index contributed by atoms with van der Waals surface area (Å²) >= 11 is 1.89. The SMILES string of the molecule is CC(C)(C)CC(CCCc1ccc(CCCCn2c3ccccc3c3ccccc32)cc1)c1ccc(CCCCN2c3ccccc3Sc3ccccc32)cc1. The lowest BCUT2D eigenvalue weighted by Gasteiger charge is -2.32. The van der Waals surface area contributed by atoms with Gasteiger partial charge in [0.15, 0.2) is 0 Å². The lowest BCUT2D eigenvalue weighted by molar-refractivity contribution is 0.328. The van der Waals surface area contributed by atoms with Crippen LogP contribution in [-0.4, -0.2) is 11.1 Å². The molecule has 0 saturated carbocycles.